The van der Waals surface area contributed by atoms with Crippen molar-refractivity contribution in [2.75, 3.05) is 0 Å². The smallest absolute Gasteiger partial charge is 0.159 e. The van der Waals surface area contributed by atoms with Gasteiger partial charge in [0.2, 0.25) is 0 Å². The van der Waals surface area contributed by atoms with E-state index in [-0.39, 0.29) is 6.17 Å². The van der Waals surface area contributed by atoms with Gasteiger partial charge >= 0.3 is 0 Å². The zero-order valence-electron chi connectivity index (χ0n) is 30.7. The Balaban J connectivity index is 0.977. The SMILES string of the molecule is C1=C(c2ccc3c(c2)c2ccccc2n3-c2ccccc2)CCc2c1c1ccccc1n2-c1ccc(C2=NC(c3ccccc3)NC(c3ccccc3)=N2)cc1. The first kappa shape index (κ1) is 32.2. The first-order valence-corrected chi connectivity index (χ1v) is 19.3. The molecule has 2 aliphatic rings. The summed E-state index contributed by atoms with van der Waals surface area (Å²) in [5.41, 5.74) is 14.4. The lowest BCUT2D eigenvalue weighted by molar-refractivity contribution is 0.674. The molecule has 1 atom stereocenters. The lowest BCUT2D eigenvalue weighted by Gasteiger charge is -2.23. The summed E-state index contributed by atoms with van der Waals surface area (Å²) in [6.07, 6.45) is 4.12. The lowest BCUT2D eigenvalue weighted by Crippen LogP contribution is -2.33. The van der Waals surface area contributed by atoms with Crippen molar-refractivity contribution in [2.24, 2.45) is 9.98 Å². The topological polar surface area (TPSA) is 46.6 Å². The van der Waals surface area contributed by atoms with Crippen molar-refractivity contribution < 1.29 is 0 Å². The summed E-state index contributed by atoms with van der Waals surface area (Å²) in [4.78, 5) is 10.1. The molecule has 0 bridgehead atoms. The van der Waals surface area contributed by atoms with Crippen molar-refractivity contribution in [2.45, 2.75) is 19.0 Å². The monoisotopic (exact) mass is 719 g/mol. The molecule has 1 N–H and O–H groups in total. The molecule has 5 nitrogen and oxygen atoms in total. The van der Waals surface area contributed by atoms with Crippen LogP contribution in [0.25, 0.3) is 55.7 Å². The van der Waals surface area contributed by atoms with Crippen LogP contribution in [0, 0.1) is 0 Å². The van der Waals surface area contributed by atoms with Crippen molar-refractivity contribution >= 4 is 56.0 Å². The number of hydrogen-bond donors (Lipinski definition) is 1. The maximum atomic E-state index is 5.10. The third-order valence-corrected chi connectivity index (χ3v) is 11.3. The second kappa shape index (κ2) is 13.3. The first-order chi connectivity index (χ1) is 27.8. The highest BCUT2D eigenvalue weighted by atomic mass is 15.2. The summed E-state index contributed by atoms with van der Waals surface area (Å²) < 4.78 is 4.84. The Morgan fingerprint density at radius 3 is 1.86 bits per heavy atom. The molecule has 1 aliphatic carbocycles. The Kier molecular flexibility index (Phi) is 7.62. The number of rotatable bonds is 6. The largest absolute Gasteiger partial charge is 0.344 e. The van der Waals surface area contributed by atoms with Crippen LogP contribution < -0.4 is 5.32 Å². The number of amidine groups is 2. The molecule has 5 heteroatoms. The van der Waals surface area contributed by atoms with Gasteiger partial charge in [0.1, 0.15) is 12.0 Å². The Bertz CT molecular complexity index is 3020. The molecule has 1 aliphatic heterocycles. The number of aliphatic imine (C=N–C) groups is 2. The van der Waals surface area contributed by atoms with Crippen LogP contribution in [0.5, 0.6) is 0 Å². The second-order valence-corrected chi connectivity index (χ2v) is 14.6. The molecule has 0 spiro atoms. The van der Waals surface area contributed by atoms with Gasteiger partial charge in [0, 0.05) is 49.9 Å². The fraction of sp³-hybridized carbons (Fsp3) is 0.0588. The third kappa shape index (κ3) is 5.39. The van der Waals surface area contributed by atoms with Gasteiger partial charge in [-0.2, -0.15) is 0 Å². The van der Waals surface area contributed by atoms with Gasteiger partial charge < -0.3 is 14.5 Å². The van der Waals surface area contributed by atoms with Crippen LogP contribution in [0.3, 0.4) is 0 Å². The molecule has 2 aromatic heterocycles. The summed E-state index contributed by atoms with van der Waals surface area (Å²) in [7, 11) is 0. The molecular weight excluding hydrogens is 683 g/mol. The van der Waals surface area contributed by atoms with E-state index in [0.29, 0.717) is 0 Å². The van der Waals surface area contributed by atoms with Crippen LogP contribution in [0.15, 0.2) is 192 Å². The molecular formula is C51H37N5. The number of allylic oxidation sites excluding steroid dienone is 1. The highest BCUT2D eigenvalue weighted by Crippen LogP contribution is 2.40. The Labute approximate surface area is 325 Å². The molecule has 56 heavy (non-hydrogen) atoms. The fourth-order valence-electron chi connectivity index (χ4n) is 8.66. The standard InChI is InChI=1S/C51H37N5/c1-4-14-34(15-5-1)49-52-50(35-16-6-2-7-17-35)54-51(53-49)36-24-28-40(29-25-36)56-46-23-13-11-21-42(46)44-33-38(27-31-48(44)56)37-26-30-47-43(32-37)41-20-10-12-22-45(41)55(47)39-18-8-3-9-19-39/h1-26,28-30,32-33,49H,27,31H2,(H,52,53,54). The Hall–Kier alpha value is -7.24. The van der Waals surface area contributed by atoms with E-state index in [1.54, 1.807) is 0 Å². The molecule has 11 rings (SSSR count). The van der Waals surface area contributed by atoms with Gasteiger partial charge in [-0.3, -0.25) is 0 Å². The van der Waals surface area contributed by atoms with Crippen molar-refractivity contribution in [3.8, 4) is 11.4 Å². The predicted octanol–water partition coefficient (Wildman–Crippen LogP) is 11.7. The van der Waals surface area contributed by atoms with Crippen LogP contribution in [0.2, 0.25) is 0 Å². The fourth-order valence-corrected chi connectivity index (χ4v) is 8.66. The summed E-state index contributed by atoms with van der Waals surface area (Å²) in [6.45, 7) is 0. The van der Waals surface area contributed by atoms with E-state index in [0.717, 1.165) is 46.9 Å². The van der Waals surface area contributed by atoms with Crippen molar-refractivity contribution in [1.82, 2.24) is 14.5 Å². The maximum absolute atomic E-state index is 5.10. The molecule has 3 heterocycles. The van der Waals surface area contributed by atoms with Crippen molar-refractivity contribution in [3.63, 3.8) is 0 Å². The Morgan fingerprint density at radius 1 is 0.482 bits per heavy atom. The van der Waals surface area contributed by atoms with Gasteiger partial charge in [0.25, 0.3) is 0 Å². The minimum atomic E-state index is -0.233. The average Bonchev–Trinajstić information content (AvgIpc) is 3.79. The van der Waals surface area contributed by atoms with Crippen LogP contribution >= 0.6 is 0 Å². The molecule has 1 unspecified atom stereocenters. The van der Waals surface area contributed by atoms with Gasteiger partial charge in [-0.25, -0.2) is 9.98 Å². The summed E-state index contributed by atoms with van der Waals surface area (Å²) >= 11 is 0. The predicted molar refractivity (Wildman–Crippen MR) is 232 cm³/mol. The zero-order chi connectivity index (χ0) is 37.0. The second-order valence-electron chi connectivity index (χ2n) is 14.6. The number of para-hydroxylation sites is 3. The normalized spacial score (nSPS) is 15.3. The average molecular weight is 720 g/mol. The molecule has 0 fully saturated rings. The molecule has 0 radical (unpaired) electrons. The molecule has 0 saturated heterocycles. The van der Waals surface area contributed by atoms with E-state index in [4.69, 9.17) is 9.98 Å². The molecule has 0 amide bonds. The van der Waals surface area contributed by atoms with Gasteiger partial charge in [-0.1, -0.05) is 121 Å². The number of fused-ring (bicyclic) bond motifs is 6. The van der Waals surface area contributed by atoms with E-state index in [1.807, 2.05) is 24.3 Å². The van der Waals surface area contributed by atoms with Gasteiger partial charge in [0.05, 0.1) is 16.6 Å². The summed E-state index contributed by atoms with van der Waals surface area (Å²) in [5.74, 6) is 1.54. The highest BCUT2D eigenvalue weighted by Gasteiger charge is 2.24. The minimum absolute atomic E-state index is 0.233. The van der Waals surface area contributed by atoms with Crippen molar-refractivity contribution in [1.29, 1.82) is 0 Å². The number of hydrogen-bond acceptors (Lipinski definition) is 3. The first-order valence-electron chi connectivity index (χ1n) is 19.3. The number of benzene rings is 7. The van der Waals surface area contributed by atoms with E-state index in [2.05, 4.69) is 178 Å². The van der Waals surface area contributed by atoms with Crippen LogP contribution in [-0.4, -0.2) is 20.8 Å². The van der Waals surface area contributed by atoms with Crippen LogP contribution in [-0.2, 0) is 6.42 Å². The molecule has 266 valence electrons. The molecule has 7 aromatic carbocycles. The molecule has 9 aromatic rings. The lowest BCUT2D eigenvalue weighted by atomic mass is 9.90. The van der Waals surface area contributed by atoms with Crippen LogP contribution in [0.4, 0.5) is 0 Å². The van der Waals surface area contributed by atoms with Gasteiger partial charge in [0.15, 0.2) is 5.84 Å². The number of nitrogens with zero attached hydrogens (tertiary/aromatic N) is 4. The Morgan fingerprint density at radius 2 is 1.09 bits per heavy atom. The van der Waals surface area contributed by atoms with Gasteiger partial charge in [-0.05, 0) is 96.3 Å². The van der Waals surface area contributed by atoms with E-state index >= 15 is 0 Å². The number of nitrogens with one attached hydrogen (secondary N) is 1. The quantitative estimate of drug-likeness (QED) is 0.183. The maximum Gasteiger partial charge on any atom is 0.159 e. The van der Waals surface area contributed by atoms with E-state index < -0.39 is 0 Å². The summed E-state index contributed by atoms with van der Waals surface area (Å²) in [5, 5.41) is 7.40. The zero-order valence-corrected chi connectivity index (χ0v) is 30.7. The molecule has 0 saturated carbocycles. The highest BCUT2D eigenvalue weighted by molar-refractivity contribution is 6.13. The number of aromatic nitrogens is 2. The van der Waals surface area contributed by atoms with Crippen LogP contribution in [0.1, 0.15) is 46.1 Å². The van der Waals surface area contributed by atoms with E-state index in [1.165, 1.54) is 60.8 Å². The van der Waals surface area contributed by atoms with E-state index in [9.17, 15) is 0 Å². The van der Waals surface area contributed by atoms with Crippen molar-refractivity contribution in [3.05, 3.63) is 216 Å². The summed E-state index contributed by atoms with van der Waals surface area (Å²) in [6, 6.07) is 64.7. The third-order valence-electron chi connectivity index (χ3n) is 11.3. The van der Waals surface area contributed by atoms with Gasteiger partial charge in [-0.15, -0.1) is 0 Å². The minimum Gasteiger partial charge on any atom is -0.344 e.